The highest BCUT2D eigenvalue weighted by Crippen LogP contribution is 2.27. The molecule has 0 radical (unpaired) electrons. The van der Waals surface area contributed by atoms with Crippen molar-refractivity contribution in [2.75, 3.05) is 42.6 Å². The van der Waals surface area contributed by atoms with E-state index in [9.17, 15) is 4.79 Å². The minimum atomic E-state index is 0.147. The number of ketones is 1. The topological polar surface area (TPSA) is 54.9 Å². The van der Waals surface area contributed by atoms with Gasteiger partial charge >= 0.3 is 0 Å². The van der Waals surface area contributed by atoms with Gasteiger partial charge in [0.15, 0.2) is 0 Å². The second kappa shape index (κ2) is 9.69. The molecule has 0 N–H and O–H groups in total. The molecule has 0 saturated carbocycles. The van der Waals surface area contributed by atoms with Crippen LogP contribution in [0.15, 0.2) is 42.5 Å². The number of carbonyl (C=O) groups is 1. The summed E-state index contributed by atoms with van der Waals surface area (Å²) in [6, 6.07) is 14.8. The summed E-state index contributed by atoms with van der Waals surface area (Å²) >= 11 is 0. The number of hydrogen-bond donors (Lipinski definition) is 0. The molecule has 2 fully saturated rings. The third-order valence-electron chi connectivity index (χ3n) is 6.20. The fourth-order valence-electron chi connectivity index (χ4n) is 4.46. The molecule has 0 aliphatic carbocycles. The lowest BCUT2D eigenvalue weighted by Crippen LogP contribution is -2.44. The highest BCUT2D eigenvalue weighted by atomic mass is 16.5. The smallest absolute Gasteiger partial charge is 0.131 e. The van der Waals surface area contributed by atoms with E-state index in [0.717, 1.165) is 56.7 Å². The maximum Gasteiger partial charge on any atom is 0.131 e. The van der Waals surface area contributed by atoms with Crippen molar-refractivity contribution in [3.8, 4) is 5.75 Å². The maximum absolute atomic E-state index is 11.4. The molecule has 1 aromatic carbocycles. The highest BCUT2D eigenvalue weighted by Gasteiger charge is 2.26. The first kappa shape index (κ1) is 21.6. The van der Waals surface area contributed by atoms with Crippen molar-refractivity contribution in [3.05, 3.63) is 48.0 Å². The second-order valence-corrected chi connectivity index (χ2v) is 8.82. The first-order chi connectivity index (χ1) is 15.0. The normalized spacial score (nSPS) is 22.4. The number of nitrogens with zero attached hydrogens (tertiary/aromatic N) is 3. The van der Waals surface area contributed by atoms with E-state index < -0.39 is 0 Å². The fraction of sp³-hybridized carbons (Fsp3) is 0.520. The van der Waals surface area contributed by atoms with E-state index in [4.69, 9.17) is 14.5 Å². The number of rotatable bonds is 7. The standard InChI is InChI=1S/C25H33N3O3/c1-18(15-20(3)29)21-7-9-22(10-8-21)31-23-11-12-27(16-23)24-5-4-6-25(26-24)28-13-14-30-17-19(28)2/h4-10,18-19,23H,11-17H2,1-3H3/t18-,19?,23-/m1/s1. The van der Waals surface area contributed by atoms with Crippen LogP contribution >= 0.6 is 0 Å². The monoisotopic (exact) mass is 423 g/mol. The molecule has 0 amide bonds. The summed E-state index contributed by atoms with van der Waals surface area (Å²) in [6.07, 6.45) is 1.70. The third kappa shape index (κ3) is 5.37. The van der Waals surface area contributed by atoms with Gasteiger partial charge in [-0.05, 0) is 49.6 Å². The zero-order chi connectivity index (χ0) is 21.8. The zero-order valence-electron chi connectivity index (χ0n) is 18.8. The molecule has 2 saturated heterocycles. The summed E-state index contributed by atoms with van der Waals surface area (Å²) < 4.78 is 11.8. The van der Waals surface area contributed by atoms with Crippen LogP contribution < -0.4 is 14.5 Å². The van der Waals surface area contributed by atoms with E-state index in [2.05, 4.69) is 54.0 Å². The van der Waals surface area contributed by atoms with Crippen molar-refractivity contribution in [2.45, 2.75) is 51.7 Å². The predicted octanol–water partition coefficient (Wildman–Crippen LogP) is 4.05. The van der Waals surface area contributed by atoms with Crippen molar-refractivity contribution in [1.29, 1.82) is 0 Å². The Hall–Kier alpha value is -2.60. The molecule has 0 spiro atoms. The summed E-state index contributed by atoms with van der Waals surface area (Å²) in [7, 11) is 0. The van der Waals surface area contributed by atoms with E-state index in [1.165, 1.54) is 5.56 Å². The van der Waals surface area contributed by atoms with Gasteiger partial charge in [-0.1, -0.05) is 25.1 Å². The average molecular weight is 424 g/mol. The maximum atomic E-state index is 11.4. The molecule has 3 atom stereocenters. The Kier molecular flexibility index (Phi) is 6.76. The van der Waals surface area contributed by atoms with Gasteiger partial charge in [0.05, 0.1) is 25.8 Å². The van der Waals surface area contributed by atoms with Crippen LogP contribution in [0.1, 0.15) is 45.1 Å². The zero-order valence-corrected chi connectivity index (χ0v) is 18.8. The summed E-state index contributed by atoms with van der Waals surface area (Å²) in [5.41, 5.74) is 1.17. The Morgan fingerprint density at radius 1 is 1.19 bits per heavy atom. The molecule has 166 valence electrons. The Labute approximate surface area is 185 Å². The molecular formula is C25H33N3O3. The summed E-state index contributed by atoms with van der Waals surface area (Å²) in [4.78, 5) is 20.9. The summed E-state index contributed by atoms with van der Waals surface area (Å²) in [5.74, 6) is 3.37. The number of ether oxygens (including phenoxy) is 2. The van der Waals surface area contributed by atoms with Crippen LogP contribution in [0.4, 0.5) is 11.6 Å². The molecule has 2 aliphatic heterocycles. The molecular weight excluding hydrogens is 390 g/mol. The first-order valence-electron chi connectivity index (χ1n) is 11.3. The molecule has 0 bridgehead atoms. The third-order valence-corrected chi connectivity index (χ3v) is 6.20. The van der Waals surface area contributed by atoms with Crippen LogP contribution in [0.5, 0.6) is 5.75 Å². The first-order valence-corrected chi connectivity index (χ1v) is 11.3. The molecule has 6 heteroatoms. The van der Waals surface area contributed by atoms with E-state index >= 15 is 0 Å². The number of pyridine rings is 1. The quantitative estimate of drug-likeness (QED) is 0.670. The summed E-state index contributed by atoms with van der Waals surface area (Å²) in [6.45, 7) is 10.1. The Bertz CT molecular complexity index is 886. The van der Waals surface area contributed by atoms with Gasteiger partial charge in [0.1, 0.15) is 29.3 Å². The van der Waals surface area contributed by atoms with Crippen LogP contribution in [0.3, 0.4) is 0 Å². The molecule has 3 heterocycles. The van der Waals surface area contributed by atoms with E-state index in [1.807, 2.05) is 12.1 Å². The lowest BCUT2D eigenvalue weighted by Gasteiger charge is -2.34. The number of anilines is 2. The molecule has 6 nitrogen and oxygen atoms in total. The van der Waals surface area contributed by atoms with Gasteiger partial charge in [-0.3, -0.25) is 0 Å². The van der Waals surface area contributed by atoms with Crippen molar-refractivity contribution >= 4 is 17.4 Å². The number of benzene rings is 1. The predicted molar refractivity (Wildman–Crippen MR) is 123 cm³/mol. The molecule has 2 aliphatic rings. The van der Waals surface area contributed by atoms with Gasteiger partial charge < -0.3 is 24.1 Å². The van der Waals surface area contributed by atoms with Crippen molar-refractivity contribution < 1.29 is 14.3 Å². The largest absolute Gasteiger partial charge is 0.489 e. The number of hydrogen-bond acceptors (Lipinski definition) is 6. The number of Topliss-reactive ketones (excluding diaryl/α,β-unsaturated/α-hetero) is 1. The van der Waals surface area contributed by atoms with Crippen LogP contribution in [-0.4, -0.2) is 55.8 Å². The highest BCUT2D eigenvalue weighted by molar-refractivity contribution is 5.76. The lowest BCUT2D eigenvalue weighted by molar-refractivity contribution is -0.117. The van der Waals surface area contributed by atoms with Gasteiger partial charge in [-0.15, -0.1) is 0 Å². The minimum absolute atomic E-state index is 0.147. The average Bonchev–Trinajstić information content (AvgIpc) is 3.23. The Morgan fingerprint density at radius 2 is 1.97 bits per heavy atom. The molecule has 2 aromatic rings. The fourth-order valence-corrected chi connectivity index (χ4v) is 4.46. The minimum Gasteiger partial charge on any atom is -0.489 e. The van der Waals surface area contributed by atoms with Gasteiger partial charge in [0.2, 0.25) is 0 Å². The number of carbonyl (C=O) groups excluding carboxylic acids is 1. The van der Waals surface area contributed by atoms with E-state index in [1.54, 1.807) is 6.92 Å². The Morgan fingerprint density at radius 3 is 2.71 bits per heavy atom. The number of aromatic nitrogens is 1. The molecule has 1 unspecified atom stereocenters. The summed E-state index contributed by atoms with van der Waals surface area (Å²) in [5, 5.41) is 0. The van der Waals surface area contributed by atoms with Gasteiger partial charge in [-0.2, -0.15) is 0 Å². The SMILES string of the molecule is CC(=O)C[C@@H](C)c1ccc(O[C@@H]2CCN(c3cccc(N4CCOCC4C)n3)C2)cc1. The molecule has 31 heavy (non-hydrogen) atoms. The Balaban J connectivity index is 1.35. The van der Waals surface area contributed by atoms with Crippen molar-refractivity contribution in [2.24, 2.45) is 0 Å². The van der Waals surface area contributed by atoms with E-state index in [-0.39, 0.29) is 17.8 Å². The van der Waals surface area contributed by atoms with Gasteiger partial charge in [0, 0.05) is 25.9 Å². The van der Waals surface area contributed by atoms with Crippen LogP contribution in [0.2, 0.25) is 0 Å². The second-order valence-electron chi connectivity index (χ2n) is 8.82. The van der Waals surface area contributed by atoms with Crippen LogP contribution in [0.25, 0.3) is 0 Å². The van der Waals surface area contributed by atoms with Crippen LogP contribution in [-0.2, 0) is 9.53 Å². The van der Waals surface area contributed by atoms with Crippen LogP contribution in [0, 0.1) is 0 Å². The van der Waals surface area contributed by atoms with Crippen molar-refractivity contribution in [1.82, 2.24) is 4.98 Å². The molecule has 4 rings (SSSR count). The molecule has 1 aromatic heterocycles. The lowest BCUT2D eigenvalue weighted by atomic mass is 9.96. The van der Waals surface area contributed by atoms with Gasteiger partial charge in [-0.25, -0.2) is 4.98 Å². The number of morpholine rings is 1. The van der Waals surface area contributed by atoms with Crippen molar-refractivity contribution in [3.63, 3.8) is 0 Å². The van der Waals surface area contributed by atoms with E-state index in [0.29, 0.717) is 12.5 Å². The van der Waals surface area contributed by atoms with Gasteiger partial charge in [0.25, 0.3) is 0 Å².